The van der Waals surface area contributed by atoms with E-state index in [4.69, 9.17) is 4.74 Å². The Labute approximate surface area is 155 Å². The molecule has 1 N–H and O–H groups in total. The predicted octanol–water partition coefficient (Wildman–Crippen LogP) is 3.37. The third-order valence-corrected chi connectivity index (χ3v) is 4.23. The Kier molecular flexibility index (Phi) is 6.78. The van der Waals surface area contributed by atoms with Crippen LogP contribution in [0.3, 0.4) is 0 Å². The third-order valence-electron chi connectivity index (χ3n) is 4.23. The van der Waals surface area contributed by atoms with Crippen molar-refractivity contribution in [3.05, 3.63) is 59.2 Å². The second-order valence-electron chi connectivity index (χ2n) is 6.34. The number of nitrogens with one attached hydrogen (secondary N) is 1. The summed E-state index contributed by atoms with van der Waals surface area (Å²) in [5.41, 5.74) is 4.02. The molecule has 0 heterocycles. The van der Waals surface area contributed by atoms with E-state index in [9.17, 15) is 9.59 Å². The molecule has 0 unspecified atom stereocenters. The molecule has 0 radical (unpaired) electrons. The van der Waals surface area contributed by atoms with E-state index >= 15 is 0 Å². The molecular weight excluding hydrogens is 328 g/mol. The van der Waals surface area contributed by atoms with E-state index in [0.717, 1.165) is 28.1 Å². The van der Waals surface area contributed by atoms with Gasteiger partial charge in [0.05, 0.1) is 7.11 Å². The van der Waals surface area contributed by atoms with Gasteiger partial charge >= 0.3 is 0 Å². The summed E-state index contributed by atoms with van der Waals surface area (Å²) in [6.45, 7) is 6.32. The van der Waals surface area contributed by atoms with Gasteiger partial charge in [-0.1, -0.05) is 29.8 Å². The number of ether oxygens (including phenoxy) is 1. The van der Waals surface area contributed by atoms with Crippen molar-refractivity contribution in [1.82, 2.24) is 5.32 Å². The number of rotatable bonds is 7. The fourth-order valence-electron chi connectivity index (χ4n) is 2.80. The summed E-state index contributed by atoms with van der Waals surface area (Å²) < 4.78 is 5.12. The first-order valence-electron chi connectivity index (χ1n) is 8.65. The van der Waals surface area contributed by atoms with Crippen LogP contribution in [0.2, 0.25) is 0 Å². The zero-order valence-electron chi connectivity index (χ0n) is 15.8. The van der Waals surface area contributed by atoms with Gasteiger partial charge < -0.3 is 15.0 Å². The van der Waals surface area contributed by atoms with Gasteiger partial charge in [-0.25, -0.2) is 0 Å². The monoisotopic (exact) mass is 354 g/mol. The zero-order valence-corrected chi connectivity index (χ0v) is 15.8. The molecule has 5 heteroatoms. The molecule has 0 bridgehead atoms. The summed E-state index contributed by atoms with van der Waals surface area (Å²) in [5, 5.41) is 2.89. The Hall–Kier alpha value is -2.82. The lowest BCUT2D eigenvalue weighted by molar-refractivity contribution is -0.121. The minimum Gasteiger partial charge on any atom is -0.497 e. The topological polar surface area (TPSA) is 58.6 Å². The van der Waals surface area contributed by atoms with Crippen molar-refractivity contribution >= 4 is 17.5 Å². The number of carbonyl (C=O) groups is 2. The highest BCUT2D eigenvalue weighted by Crippen LogP contribution is 2.21. The third kappa shape index (κ3) is 5.34. The van der Waals surface area contributed by atoms with E-state index in [-0.39, 0.29) is 18.2 Å². The van der Waals surface area contributed by atoms with E-state index in [1.54, 1.807) is 12.0 Å². The Bertz CT molecular complexity index is 769. The van der Waals surface area contributed by atoms with Crippen LogP contribution in [0.15, 0.2) is 42.5 Å². The van der Waals surface area contributed by atoms with Crippen molar-refractivity contribution in [2.75, 3.05) is 18.6 Å². The average Bonchev–Trinajstić information content (AvgIpc) is 2.61. The molecule has 2 rings (SSSR count). The summed E-state index contributed by atoms with van der Waals surface area (Å²) in [6.07, 6.45) is 0.253. The first-order valence-corrected chi connectivity index (χ1v) is 8.65. The second-order valence-corrected chi connectivity index (χ2v) is 6.34. The molecule has 2 amide bonds. The highest BCUT2D eigenvalue weighted by Gasteiger charge is 2.15. The minimum atomic E-state index is -0.0863. The van der Waals surface area contributed by atoms with Gasteiger partial charge in [0.15, 0.2) is 0 Å². The van der Waals surface area contributed by atoms with Gasteiger partial charge in [0, 0.05) is 32.1 Å². The van der Waals surface area contributed by atoms with Crippen LogP contribution in [0, 0.1) is 13.8 Å². The van der Waals surface area contributed by atoms with Gasteiger partial charge in [-0.3, -0.25) is 9.59 Å². The quantitative estimate of drug-likeness (QED) is 0.829. The smallest absolute Gasteiger partial charge is 0.223 e. The zero-order chi connectivity index (χ0) is 19.1. The van der Waals surface area contributed by atoms with Crippen LogP contribution in [0.25, 0.3) is 0 Å². The average molecular weight is 354 g/mol. The summed E-state index contributed by atoms with van der Waals surface area (Å²) in [5.74, 6) is 0.627. The van der Waals surface area contributed by atoms with Crippen molar-refractivity contribution in [1.29, 1.82) is 0 Å². The van der Waals surface area contributed by atoms with Gasteiger partial charge in [-0.2, -0.15) is 0 Å². The second kappa shape index (κ2) is 9.04. The molecule has 0 saturated carbocycles. The van der Waals surface area contributed by atoms with E-state index in [0.29, 0.717) is 13.1 Å². The lowest BCUT2D eigenvalue weighted by atomic mass is 10.1. The summed E-state index contributed by atoms with van der Waals surface area (Å²) in [4.78, 5) is 25.8. The summed E-state index contributed by atoms with van der Waals surface area (Å²) in [7, 11) is 1.62. The number of carbonyl (C=O) groups excluding carboxylic acids is 2. The maximum Gasteiger partial charge on any atom is 0.223 e. The highest BCUT2D eigenvalue weighted by atomic mass is 16.5. The number of benzene rings is 2. The fraction of sp³-hybridized carbons (Fsp3) is 0.333. The molecule has 0 spiro atoms. The normalized spacial score (nSPS) is 10.3. The van der Waals surface area contributed by atoms with Gasteiger partial charge in [0.25, 0.3) is 0 Å². The molecule has 5 nitrogen and oxygen atoms in total. The van der Waals surface area contributed by atoms with Crippen molar-refractivity contribution in [2.24, 2.45) is 0 Å². The largest absolute Gasteiger partial charge is 0.497 e. The molecule has 0 fully saturated rings. The maximum atomic E-state index is 12.2. The molecule has 0 aliphatic heterocycles. The van der Waals surface area contributed by atoms with Crippen LogP contribution in [0.4, 0.5) is 5.69 Å². The first-order chi connectivity index (χ1) is 12.4. The molecule has 0 aliphatic carbocycles. The fourth-order valence-corrected chi connectivity index (χ4v) is 2.80. The maximum absolute atomic E-state index is 12.2. The molecule has 2 aromatic rings. The van der Waals surface area contributed by atoms with Crippen molar-refractivity contribution in [3.63, 3.8) is 0 Å². The van der Waals surface area contributed by atoms with Crippen LogP contribution < -0.4 is 15.0 Å². The van der Waals surface area contributed by atoms with E-state index in [1.807, 2.05) is 56.3 Å². The summed E-state index contributed by atoms with van der Waals surface area (Å²) >= 11 is 0. The minimum absolute atomic E-state index is 0.0695. The molecule has 138 valence electrons. The highest BCUT2D eigenvalue weighted by molar-refractivity contribution is 5.93. The Balaban J connectivity index is 1.91. The van der Waals surface area contributed by atoms with E-state index in [1.165, 1.54) is 6.92 Å². The van der Waals surface area contributed by atoms with Gasteiger partial charge in [0.2, 0.25) is 11.8 Å². The Morgan fingerprint density at radius 3 is 2.35 bits per heavy atom. The molecule has 0 aromatic heterocycles. The van der Waals surface area contributed by atoms with Gasteiger partial charge in [0.1, 0.15) is 5.75 Å². The van der Waals surface area contributed by atoms with Crippen LogP contribution in [0.5, 0.6) is 5.75 Å². The molecule has 2 aromatic carbocycles. The lowest BCUT2D eigenvalue weighted by Crippen LogP contribution is -2.34. The number of aryl methyl sites for hydroxylation is 2. The summed E-state index contributed by atoms with van der Waals surface area (Å²) in [6, 6.07) is 13.5. The molecule has 26 heavy (non-hydrogen) atoms. The number of anilines is 1. The van der Waals surface area contributed by atoms with Crippen LogP contribution in [-0.2, 0) is 16.1 Å². The van der Waals surface area contributed by atoms with Crippen molar-refractivity contribution in [3.8, 4) is 5.75 Å². The number of nitrogens with zero attached hydrogens (tertiary/aromatic N) is 1. The lowest BCUT2D eigenvalue weighted by Gasteiger charge is -2.23. The number of hydrogen-bond acceptors (Lipinski definition) is 3. The SMILES string of the molecule is COc1ccc(CNC(=O)CCN(C(C)=O)c2ccc(C)cc2C)cc1. The van der Waals surface area contributed by atoms with Crippen LogP contribution in [0.1, 0.15) is 30.0 Å². The predicted molar refractivity (Wildman–Crippen MR) is 103 cm³/mol. The van der Waals surface area contributed by atoms with Crippen LogP contribution >= 0.6 is 0 Å². The molecule has 0 atom stereocenters. The first kappa shape index (κ1) is 19.5. The van der Waals surface area contributed by atoms with Gasteiger partial charge in [-0.15, -0.1) is 0 Å². The Morgan fingerprint density at radius 2 is 1.77 bits per heavy atom. The standard InChI is InChI=1S/C21H26N2O3/c1-15-5-10-20(16(2)13-15)23(17(3)24)12-11-21(25)22-14-18-6-8-19(26-4)9-7-18/h5-10,13H,11-12,14H2,1-4H3,(H,22,25). The number of hydrogen-bond donors (Lipinski definition) is 1. The van der Waals surface area contributed by atoms with Gasteiger partial charge in [-0.05, 0) is 43.2 Å². The molecular formula is C21H26N2O3. The molecule has 0 saturated heterocycles. The Morgan fingerprint density at radius 1 is 1.08 bits per heavy atom. The van der Waals surface area contributed by atoms with Crippen molar-refractivity contribution in [2.45, 2.75) is 33.7 Å². The van der Waals surface area contributed by atoms with E-state index < -0.39 is 0 Å². The van der Waals surface area contributed by atoms with Crippen molar-refractivity contribution < 1.29 is 14.3 Å². The van der Waals surface area contributed by atoms with E-state index in [2.05, 4.69) is 5.32 Å². The molecule has 0 aliphatic rings. The van der Waals surface area contributed by atoms with Crippen LogP contribution in [-0.4, -0.2) is 25.5 Å². The number of methoxy groups -OCH3 is 1. The number of amides is 2.